The van der Waals surface area contributed by atoms with Crippen molar-refractivity contribution in [2.45, 2.75) is 36.9 Å². The van der Waals surface area contributed by atoms with Gasteiger partial charge in [-0.2, -0.15) is 0 Å². The Labute approximate surface area is 197 Å². The molecule has 0 bridgehead atoms. The van der Waals surface area contributed by atoms with Gasteiger partial charge in [0.1, 0.15) is 6.04 Å². The molecule has 0 unspecified atom stereocenters. The summed E-state index contributed by atoms with van der Waals surface area (Å²) in [6, 6.07) is 12.4. The van der Waals surface area contributed by atoms with Crippen LogP contribution in [0.1, 0.15) is 25.8 Å². The van der Waals surface area contributed by atoms with Crippen molar-refractivity contribution < 1.29 is 19.6 Å². The number of nitrogens with two attached hydrogens (primary N) is 1. The van der Waals surface area contributed by atoms with Gasteiger partial charge in [0, 0.05) is 19.2 Å². The normalized spacial score (nSPS) is 13.9. The summed E-state index contributed by atoms with van der Waals surface area (Å²) in [4.78, 5) is 39.8. The molecule has 174 valence electrons. The number of hydrogen-bond donors (Lipinski definition) is 3. The smallest absolute Gasteiger partial charge is 0.248 e. The molecule has 1 heterocycles. The minimum atomic E-state index is -0.845. The zero-order chi connectivity index (χ0) is 23.7. The highest BCUT2D eigenvalue weighted by Gasteiger charge is 2.38. The highest BCUT2D eigenvalue weighted by molar-refractivity contribution is 8.01. The van der Waals surface area contributed by atoms with Crippen LogP contribution in [-0.2, 0) is 20.8 Å². The van der Waals surface area contributed by atoms with Crippen molar-refractivity contribution in [2.75, 3.05) is 12.8 Å². The van der Waals surface area contributed by atoms with Gasteiger partial charge in [-0.1, -0.05) is 50.2 Å². The van der Waals surface area contributed by atoms with E-state index in [1.54, 1.807) is 23.9 Å². The molecule has 0 radical (unpaired) electrons. The molecule has 0 aliphatic heterocycles. The van der Waals surface area contributed by atoms with Crippen molar-refractivity contribution >= 4 is 40.8 Å². The van der Waals surface area contributed by atoms with E-state index in [2.05, 4.69) is 0 Å². The monoisotopic (exact) mass is 477 g/mol. The predicted octanol–water partition coefficient (Wildman–Crippen LogP) is 3.18. The summed E-state index contributed by atoms with van der Waals surface area (Å²) in [5.41, 5.74) is 8.26. The summed E-state index contributed by atoms with van der Waals surface area (Å²) in [6.07, 6.45) is 0.719. The molecule has 32 heavy (non-hydrogen) atoms. The Balaban J connectivity index is 2.28. The van der Waals surface area contributed by atoms with Gasteiger partial charge in [0.2, 0.25) is 17.7 Å². The largest absolute Gasteiger partial charge is 0.368 e. The van der Waals surface area contributed by atoms with Gasteiger partial charge in [0.05, 0.1) is 16.0 Å². The van der Waals surface area contributed by atoms with Gasteiger partial charge in [0.25, 0.3) is 0 Å². The Bertz CT molecular complexity index is 875. The maximum atomic E-state index is 13.6. The molecule has 4 N–H and O–H groups in total. The Hall–Kier alpha value is -2.36. The second-order valence-corrected chi connectivity index (χ2v) is 10.4. The number of amides is 3. The number of carbonyl (C=O) groups excluding carboxylic acids is 3. The number of nitrogens with one attached hydrogen (secondary N) is 1. The lowest BCUT2D eigenvalue weighted by Crippen LogP contribution is -2.51. The van der Waals surface area contributed by atoms with Gasteiger partial charge in [-0.15, -0.1) is 23.1 Å². The first-order valence-corrected chi connectivity index (χ1v) is 12.3. The first kappa shape index (κ1) is 25.9. The van der Waals surface area contributed by atoms with Crippen LogP contribution in [0.3, 0.4) is 0 Å². The lowest BCUT2D eigenvalue weighted by atomic mass is 9.84. The van der Waals surface area contributed by atoms with E-state index in [4.69, 9.17) is 5.73 Å². The van der Waals surface area contributed by atoms with Crippen LogP contribution in [0.15, 0.2) is 52.1 Å². The molecule has 1 aromatic carbocycles. The van der Waals surface area contributed by atoms with Gasteiger partial charge in [-0.25, -0.2) is 5.48 Å². The number of likely N-dealkylation sites (N-methyl/N-ethyl adjacent to an activating group) is 1. The summed E-state index contributed by atoms with van der Waals surface area (Å²) >= 11 is 3.01. The standard InChI is InChI=1S/C23H31N3O4S2/c1-15(2)12-17(18(22(28)25-30)14-32-20-10-7-11-31-20)23(29)26(3)19(21(24)27)13-16-8-5-4-6-9-16/h4-11,15,17-19,30H,12-14H2,1-3H3,(H2,24,27)(H,25,28)/t17-,18+,19+/m1/s1. The highest BCUT2D eigenvalue weighted by Crippen LogP contribution is 2.32. The third kappa shape index (κ3) is 7.36. The van der Waals surface area contributed by atoms with E-state index in [1.807, 2.05) is 61.7 Å². The number of primary amides is 1. The predicted molar refractivity (Wildman–Crippen MR) is 127 cm³/mol. The topological polar surface area (TPSA) is 113 Å². The Morgan fingerprint density at radius 2 is 1.81 bits per heavy atom. The number of nitrogens with zero attached hydrogens (tertiary/aromatic N) is 1. The number of carbonyl (C=O) groups is 3. The van der Waals surface area contributed by atoms with Crippen LogP contribution >= 0.6 is 23.1 Å². The minimum Gasteiger partial charge on any atom is -0.368 e. The van der Waals surface area contributed by atoms with Gasteiger partial charge in [-0.05, 0) is 29.3 Å². The summed E-state index contributed by atoms with van der Waals surface area (Å²) in [6.45, 7) is 3.94. The summed E-state index contributed by atoms with van der Waals surface area (Å²) in [5, 5.41) is 11.3. The van der Waals surface area contributed by atoms with E-state index in [0.29, 0.717) is 12.2 Å². The number of thiophene rings is 1. The average Bonchev–Trinajstić information content (AvgIpc) is 3.29. The van der Waals surface area contributed by atoms with Crippen LogP contribution in [0.2, 0.25) is 0 Å². The molecule has 0 saturated heterocycles. The second-order valence-electron chi connectivity index (χ2n) is 8.12. The number of hydrogen-bond acceptors (Lipinski definition) is 6. The molecule has 0 spiro atoms. The van der Waals surface area contributed by atoms with E-state index in [9.17, 15) is 19.6 Å². The average molecular weight is 478 g/mol. The van der Waals surface area contributed by atoms with Crippen molar-refractivity contribution in [3.05, 3.63) is 53.4 Å². The number of rotatable bonds is 12. The summed E-state index contributed by atoms with van der Waals surface area (Å²) in [7, 11) is 1.55. The molecule has 0 aliphatic carbocycles. The SMILES string of the molecule is CC(C)C[C@@H](C(=O)N(C)[C@@H](Cc1ccccc1)C(N)=O)[C@H](CSc1cccs1)C(=O)NO. The molecule has 2 rings (SSSR count). The van der Waals surface area contributed by atoms with Crippen LogP contribution in [0.25, 0.3) is 0 Å². The molecular formula is C23H31N3O4S2. The van der Waals surface area contributed by atoms with Gasteiger partial charge in [-0.3, -0.25) is 19.6 Å². The molecule has 2 aromatic rings. The molecule has 7 nitrogen and oxygen atoms in total. The van der Waals surface area contributed by atoms with Crippen molar-refractivity contribution in [2.24, 2.45) is 23.5 Å². The number of benzene rings is 1. The maximum absolute atomic E-state index is 13.6. The van der Waals surface area contributed by atoms with Crippen molar-refractivity contribution in [3.63, 3.8) is 0 Å². The Kier molecular flexibility index (Phi) is 10.2. The molecule has 1 aromatic heterocycles. The van der Waals surface area contributed by atoms with Gasteiger partial charge < -0.3 is 10.6 Å². The van der Waals surface area contributed by atoms with Gasteiger partial charge >= 0.3 is 0 Å². The quantitative estimate of drug-likeness (QED) is 0.247. The maximum Gasteiger partial charge on any atom is 0.248 e. The molecule has 0 saturated carbocycles. The first-order valence-electron chi connectivity index (χ1n) is 10.4. The Morgan fingerprint density at radius 1 is 1.12 bits per heavy atom. The molecule has 3 amide bonds. The fraction of sp³-hybridized carbons (Fsp3) is 0.435. The Morgan fingerprint density at radius 3 is 2.34 bits per heavy atom. The van der Waals surface area contributed by atoms with Crippen molar-refractivity contribution in [1.82, 2.24) is 10.4 Å². The molecular weight excluding hydrogens is 446 g/mol. The fourth-order valence-electron chi connectivity index (χ4n) is 3.60. The van der Waals surface area contributed by atoms with Crippen LogP contribution < -0.4 is 11.2 Å². The number of thioether (sulfide) groups is 1. The molecule has 3 atom stereocenters. The van der Waals surface area contributed by atoms with Crippen molar-refractivity contribution in [3.8, 4) is 0 Å². The zero-order valence-corrected chi connectivity index (χ0v) is 20.2. The van der Waals surface area contributed by atoms with Crippen LogP contribution in [0.4, 0.5) is 0 Å². The van der Waals surface area contributed by atoms with Crippen LogP contribution in [0.5, 0.6) is 0 Å². The summed E-state index contributed by atoms with van der Waals surface area (Å²) in [5.74, 6) is -2.58. The second kappa shape index (κ2) is 12.6. The van der Waals surface area contributed by atoms with E-state index >= 15 is 0 Å². The molecule has 0 fully saturated rings. The third-order valence-electron chi connectivity index (χ3n) is 5.29. The zero-order valence-electron chi connectivity index (χ0n) is 18.6. The molecule has 9 heteroatoms. The van der Waals surface area contributed by atoms with Gasteiger partial charge in [0.15, 0.2) is 0 Å². The van der Waals surface area contributed by atoms with Crippen LogP contribution in [-0.4, -0.2) is 46.7 Å². The van der Waals surface area contributed by atoms with E-state index in [0.717, 1.165) is 9.77 Å². The van der Waals surface area contributed by atoms with E-state index in [-0.39, 0.29) is 18.2 Å². The summed E-state index contributed by atoms with van der Waals surface area (Å²) < 4.78 is 1.02. The highest BCUT2D eigenvalue weighted by atomic mass is 32.2. The van der Waals surface area contributed by atoms with E-state index < -0.39 is 29.7 Å². The van der Waals surface area contributed by atoms with Crippen molar-refractivity contribution in [1.29, 1.82) is 0 Å². The lowest BCUT2D eigenvalue weighted by molar-refractivity contribution is -0.147. The van der Waals surface area contributed by atoms with E-state index in [1.165, 1.54) is 16.7 Å². The lowest BCUT2D eigenvalue weighted by Gasteiger charge is -2.33. The third-order valence-corrected chi connectivity index (χ3v) is 7.54. The fourth-order valence-corrected chi connectivity index (χ4v) is 5.59. The molecule has 0 aliphatic rings. The van der Waals surface area contributed by atoms with Crippen LogP contribution in [0, 0.1) is 17.8 Å². The number of hydroxylamine groups is 1. The minimum absolute atomic E-state index is 0.124. The first-order chi connectivity index (χ1) is 15.2.